The predicted octanol–water partition coefficient (Wildman–Crippen LogP) is 0.165. The summed E-state index contributed by atoms with van der Waals surface area (Å²) in [5.41, 5.74) is 6.49. The zero-order valence-corrected chi connectivity index (χ0v) is 6.24. The average Bonchev–Trinajstić information content (AvgIpc) is 2.04. The van der Waals surface area contributed by atoms with Crippen LogP contribution in [0.2, 0.25) is 0 Å². The molecule has 0 bridgehead atoms. The number of nitrogen functional groups attached to an aromatic ring is 1. The lowest BCUT2D eigenvalue weighted by Gasteiger charge is -2.06. The minimum absolute atomic E-state index is 0.159. The third kappa shape index (κ3) is 1.40. The fraction of sp³-hybridized carbons (Fsp3) is 0.286. The summed E-state index contributed by atoms with van der Waals surface area (Å²) in [7, 11) is 1.49. The number of hydrogen-bond acceptors (Lipinski definition) is 4. The van der Waals surface area contributed by atoms with Crippen LogP contribution in [0.4, 0.5) is 5.69 Å². The largest absolute Gasteiger partial charge is 0.493 e. The number of hydrogen-bond donors (Lipinski definition) is 2. The molecule has 4 heteroatoms. The number of nitrogens with zero attached hydrogens (tertiary/aromatic N) is 1. The minimum atomic E-state index is -0.159. The van der Waals surface area contributed by atoms with Crippen molar-refractivity contribution < 1.29 is 9.84 Å². The van der Waals surface area contributed by atoms with E-state index >= 15 is 0 Å². The van der Waals surface area contributed by atoms with Gasteiger partial charge in [-0.15, -0.1) is 0 Å². The highest BCUT2D eigenvalue weighted by Crippen LogP contribution is 2.23. The molecule has 3 N–H and O–H groups in total. The van der Waals surface area contributed by atoms with Crippen LogP contribution in [-0.2, 0) is 6.61 Å². The van der Waals surface area contributed by atoms with Crippen molar-refractivity contribution in [3.8, 4) is 5.75 Å². The Morgan fingerprint density at radius 1 is 1.73 bits per heavy atom. The van der Waals surface area contributed by atoms with Gasteiger partial charge < -0.3 is 15.6 Å². The third-order valence-electron chi connectivity index (χ3n) is 1.36. The van der Waals surface area contributed by atoms with Crippen molar-refractivity contribution in [2.75, 3.05) is 12.8 Å². The maximum absolute atomic E-state index is 8.78. The standard InChI is InChI=1S/C7H10N2O2/c1-11-7-5(8)2-3-9-6(7)4-10/h2-3,10H,4H2,1H3,(H2,8,9). The highest BCUT2D eigenvalue weighted by atomic mass is 16.5. The van der Waals surface area contributed by atoms with Crippen molar-refractivity contribution in [2.24, 2.45) is 0 Å². The molecule has 60 valence electrons. The molecule has 1 aromatic heterocycles. The molecule has 0 unspecified atom stereocenters. The number of aromatic nitrogens is 1. The third-order valence-corrected chi connectivity index (χ3v) is 1.36. The maximum atomic E-state index is 8.78. The van der Waals surface area contributed by atoms with Crippen molar-refractivity contribution in [1.82, 2.24) is 4.98 Å². The number of anilines is 1. The summed E-state index contributed by atoms with van der Waals surface area (Å²) in [4.78, 5) is 3.87. The Morgan fingerprint density at radius 3 is 2.91 bits per heavy atom. The van der Waals surface area contributed by atoms with E-state index < -0.39 is 0 Å². The predicted molar refractivity (Wildman–Crippen MR) is 41.1 cm³/mol. The van der Waals surface area contributed by atoms with Crippen molar-refractivity contribution >= 4 is 5.69 Å². The van der Waals surface area contributed by atoms with Gasteiger partial charge in [0.1, 0.15) is 5.69 Å². The van der Waals surface area contributed by atoms with E-state index in [0.717, 1.165) is 0 Å². The van der Waals surface area contributed by atoms with Gasteiger partial charge in [0, 0.05) is 6.20 Å². The number of rotatable bonds is 2. The van der Waals surface area contributed by atoms with Gasteiger partial charge in [0.25, 0.3) is 0 Å². The van der Waals surface area contributed by atoms with Gasteiger partial charge in [-0.2, -0.15) is 0 Å². The van der Waals surface area contributed by atoms with Crippen molar-refractivity contribution in [3.63, 3.8) is 0 Å². The summed E-state index contributed by atoms with van der Waals surface area (Å²) in [6.45, 7) is -0.159. The SMILES string of the molecule is COc1c(N)ccnc1CO. The second-order valence-corrected chi connectivity index (χ2v) is 2.04. The number of ether oxygens (including phenoxy) is 1. The summed E-state index contributed by atoms with van der Waals surface area (Å²) in [6.07, 6.45) is 1.53. The van der Waals surface area contributed by atoms with Gasteiger partial charge in [0.2, 0.25) is 0 Å². The first-order chi connectivity index (χ1) is 5.29. The molecule has 0 aliphatic rings. The molecule has 0 atom stereocenters. The molecule has 11 heavy (non-hydrogen) atoms. The molecule has 1 heterocycles. The first-order valence-electron chi connectivity index (χ1n) is 3.17. The average molecular weight is 154 g/mol. The summed E-state index contributed by atoms with van der Waals surface area (Å²) >= 11 is 0. The topological polar surface area (TPSA) is 68.4 Å². The number of methoxy groups -OCH3 is 1. The lowest BCUT2D eigenvalue weighted by Crippen LogP contribution is -1.99. The summed E-state index contributed by atoms with van der Waals surface area (Å²) in [5, 5.41) is 8.78. The van der Waals surface area contributed by atoms with E-state index in [2.05, 4.69) is 4.98 Å². The van der Waals surface area contributed by atoms with Gasteiger partial charge in [0.05, 0.1) is 19.4 Å². The molecule has 0 aliphatic heterocycles. The van der Waals surface area contributed by atoms with Crippen LogP contribution in [0.3, 0.4) is 0 Å². The molecular weight excluding hydrogens is 144 g/mol. The fourth-order valence-electron chi connectivity index (χ4n) is 0.857. The van der Waals surface area contributed by atoms with Crippen LogP contribution >= 0.6 is 0 Å². The summed E-state index contributed by atoms with van der Waals surface area (Å²) in [5.74, 6) is 0.454. The zero-order valence-electron chi connectivity index (χ0n) is 6.24. The van der Waals surface area contributed by atoms with Crippen LogP contribution < -0.4 is 10.5 Å². The van der Waals surface area contributed by atoms with E-state index in [1.165, 1.54) is 13.3 Å². The van der Waals surface area contributed by atoms with E-state index in [1.807, 2.05) is 0 Å². The molecular formula is C7H10N2O2. The molecule has 0 radical (unpaired) electrons. The Hall–Kier alpha value is -1.29. The van der Waals surface area contributed by atoms with Crippen LogP contribution in [0.5, 0.6) is 5.75 Å². The second-order valence-electron chi connectivity index (χ2n) is 2.04. The van der Waals surface area contributed by atoms with E-state index in [0.29, 0.717) is 17.1 Å². The number of pyridine rings is 1. The van der Waals surface area contributed by atoms with Crippen LogP contribution in [0.25, 0.3) is 0 Å². The summed E-state index contributed by atoms with van der Waals surface area (Å²) < 4.78 is 4.92. The van der Waals surface area contributed by atoms with Crippen LogP contribution in [0, 0.1) is 0 Å². The molecule has 0 saturated carbocycles. The van der Waals surface area contributed by atoms with Gasteiger partial charge in [-0.05, 0) is 6.07 Å². The highest BCUT2D eigenvalue weighted by molar-refractivity contribution is 5.53. The molecule has 0 aromatic carbocycles. The molecule has 1 aromatic rings. The Bertz CT molecular complexity index is 250. The van der Waals surface area contributed by atoms with Gasteiger partial charge in [-0.25, -0.2) is 0 Å². The van der Waals surface area contributed by atoms with E-state index in [-0.39, 0.29) is 6.61 Å². The first kappa shape index (κ1) is 7.81. The Kier molecular flexibility index (Phi) is 2.28. The van der Waals surface area contributed by atoms with Crippen LogP contribution in [0.1, 0.15) is 5.69 Å². The molecule has 0 aliphatic carbocycles. The van der Waals surface area contributed by atoms with Gasteiger partial charge in [-0.1, -0.05) is 0 Å². The Morgan fingerprint density at radius 2 is 2.45 bits per heavy atom. The molecule has 0 amide bonds. The molecule has 4 nitrogen and oxygen atoms in total. The number of nitrogens with two attached hydrogens (primary N) is 1. The second kappa shape index (κ2) is 3.21. The highest BCUT2D eigenvalue weighted by Gasteiger charge is 2.05. The Balaban J connectivity index is 3.13. The monoisotopic (exact) mass is 154 g/mol. The van der Waals surface area contributed by atoms with E-state index in [1.54, 1.807) is 6.07 Å². The van der Waals surface area contributed by atoms with Crippen molar-refractivity contribution in [1.29, 1.82) is 0 Å². The van der Waals surface area contributed by atoms with Gasteiger partial charge in [0.15, 0.2) is 5.75 Å². The fourth-order valence-corrected chi connectivity index (χ4v) is 0.857. The normalized spacial score (nSPS) is 9.64. The van der Waals surface area contributed by atoms with Crippen molar-refractivity contribution in [3.05, 3.63) is 18.0 Å². The van der Waals surface area contributed by atoms with Crippen LogP contribution in [0.15, 0.2) is 12.3 Å². The van der Waals surface area contributed by atoms with Crippen LogP contribution in [-0.4, -0.2) is 17.2 Å². The Labute approximate surface area is 64.6 Å². The number of aliphatic hydroxyl groups is 1. The summed E-state index contributed by atoms with van der Waals surface area (Å²) in [6, 6.07) is 1.62. The van der Waals surface area contributed by atoms with Crippen molar-refractivity contribution in [2.45, 2.75) is 6.61 Å². The lowest BCUT2D eigenvalue weighted by atomic mass is 10.3. The quantitative estimate of drug-likeness (QED) is 0.637. The zero-order chi connectivity index (χ0) is 8.27. The number of aliphatic hydroxyl groups excluding tert-OH is 1. The molecule has 0 saturated heterocycles. The molecule has 0 spiro atoms. The van der Waals surface area contributed by atoms with Gasteiger partial charge >= 0.3 is 0 Å². The molecule has 0 fully saturated rings. The van der Waals surface area contributed by atoms with E-state index in [4.69, 9.17) is 15.6 Å². The van der Waals surface area contributed by atoms with E-state index in [9.17, 15) is 0 Å². The lowest BCUT2D eigenvalue weighted by molar-refractivity contribution is 0.268. The van der Waals surface area contributed by atoms with Gasteiger partial charge in [-0.3, -0.25) is 4.98 Å². The smallest absolute Gasteiger partial charge is 0.165 e. The maximum Gasteiger partial charge on any atom is 0.165 e. The first-order valence-corrected chi connectivity index (χ1v) is 3.17. The minimum Gasteiger partial charge on any atom is -0.493 e. The molecule has 1 rings (SSSR count).